The molecule has 4 saturated heterocycles. The van der Waals surface area contributed by atoms with Crippen molar-refractivity contribution in [2.45, 2.75) is 53.6 Å². The van der Waals surface area contributed by atoms with Gasteiger partial charge in [0.2, 0.25) is 17.7 Å². The lowest BCUT2D eigenvalue weighted by molar-refractivity contribution is -0.143. The van der Waals surface area contributed by atoms with Crippen LogP contribution in [0.3, 0.4) is 0 Å². The maximum atomic E-state index is 14.3. The summed E-state index contributed by atoms with van der Waals surface area (Å²) in [5.41, 5.74) is 0.683. The Morgan fingerprint density at radius 1 is 1.23 bits per heavy atom. The third kappa shape index (κ3) is 5.25. The minimum Gasteiger partial charge on any atom is -0.394 e. The lowest BCUT2D eigenvalue weighted by Gasteiger charge is -2.39. The first-order valence-electron chi connectivity index (χ1n) is 14.0. The molecule has 4 aliphatic heterocycles. The number of carbonyl (C=O) groups is 3. The van der Waals surface area contributed by atoms with Gasteiger partial charge in [-0.25, -0.2) is 0 Å². The van der Waals surface area contributed by atoms with Gasteiger partial charge in [0, 0.05) is 41.9 Å². The molecular weight excluding hydrogens is 584 g/mol. The molecule has 39 heavy (non-hydrogen) atoms. The highest BCUT2D eigenvalue weighted by atomic mass is 79.9. The molecule has 214 valence electrons. The van der Waals surface area contributed by atoms with E-state index < -0.39 is 28.7 Å². The molecule has 3 unspecified atom stereocenters. The van der Waals surface area contributed by atoms with Gasteiger partial charge in [-0.3, -0.25) is 19.3 Å². The Kier molecular flexibility index (Phi) is 8.92. The van der Waals surface area contributed by atoms with Crippen molar-refractivity contribution in [2.24, 2.45) is 17.8 Å². The Balaban J connectivity index is 1.44. The van der Waals surface area contributed by atoms with Crippen molar-refractivity contribution in [2.75, 3.05) is 51.3 Å². The number of likely N-dealkylation sites (tertiary alicyclic amines) is 1. The third-order valence-electron chi connectivity index (χ3n) is 9.00. The molecule has 0 radical (unpaired) electrons. The van der Waals surface area contributed by atoms with Gasteiger partial charge in [-0.2, -0.15) is 0 Å². The van der Waals surface area contributed by atoms with Crippen LogP contribution in [0, 0.1) is 17.8 Å². The average Bonchev–Trinajstić information content (AvgIpc) is 3.53. The first kappa shape index (κ1) is 28.9. The average molecular weight is 624 g/mol. The Bertz CT molecular complexity index is 1060. The van der Waals surface area contributed by atoms with E-state index in [2.05, 4.69) is 31.5 Å². The van der Waals surface area contributed by atoms with Crippen LogP contribution in [0.4, 0.5) is 5.69 Å². The number of amides is 3. The smallest absolute Gasteiger partial charge is 0.244 e. The summed E-state index contributed by atoms with van der Waals surface area (Å²) in [6.45, 7) is 8.01. The number of hydrogen-bond acceptors (Lipinski definition) is 7. The van der Waals surface area contributed by atoms with Crippen LogP contribution in [-0.2, 0) is 19.1 Å². The van der Waals surface area contributed by atoms with E-state index in [0.29, 0.717) is 38.4 Å². The highest BCUT2D eigenvalue weighted by molar-refractivity contribution is 9.09. The monoisotopic (exact) mass is 622 g/mol. The summed E-state index contributed by atoms with van der Waals surface area (Å²) in [4.78, 5) is 45.9. The maximum absolute atomic E-state index is 14.3. The van der Waals surface area contributed by atoms with Gasteiger partial charge in [-0.05, 0) is 24.5 Å². The minimum atomic E-state index is -0.754. The van der Waals surface area contributed by atoms with Gasteiger partial charge < -0.3 is 25.4 Å². The van der Waals surface area contributed by atoms with Gasteiger partial charge in [0.25, 0.3) is 0 Å². The van der Waals surface area contributed by atoms with E-state index in [1.807, 2.05) is 44.2 Å². The fraction of sp³-hybridized carbons (Fsp3) is 0.679. The number of ether oxygens (including phenoxy) is 1. The second-order valence-electron chi connectivity index (χ2n) is 11.1. The minimum absolute atomic E-state index is 0.00199. The molecule has 4 aliphatic rings. The molecule has 3 amide bonds. The largest absolute Gasteiger partial charge is 0.394 e. The van der Waals surface area contributed by atoms with E-state index in [4.69, 9.17) is 4.74 Å². The molecule has 0 aliphatic carbocycles. The summed E-state index contributed by atoms with van der Waals surface area (Å²) >= 11 is 5.43. The van der Waals surface area contributed by atoms with E-state index >= 15 is 0 Å². The lowest BCUT2D eigenvalue weighted by atomic mass is 9.70. The molecule has 3 N–H and O–H groups in total. The van der Waals surface area contributed by atoms with E-state index in [1.54, 1.807) is 16.7 Å². The number of benzene rings is 1. The van der Waals surface area contributed by atoms with E-state index in [-0.39, 0.29) is 40.3 Å². The van der Waals surface area contributed by atoms with E-state index in [9.17, 15) is 19.5 Å². The highest BCUT2D eigenvalue weighted by Gasteiger charge is 2.76. The maximum Gasteiger partial charge on any atom is 0.244 e. The third-order valence-corrected chi connectivity index (χ3v) is 12.2. The summed E-state index contributed by atoms with van der Waals surface area (Å²) in [5.74, 6) is -1.79. The molecule has 4 heterocycles. The van der Waals surface area contributed by atoms with Crippen molar-refractivity contribution in [1.29, 1.82) is 0 Å². The molecule has 0 aromatic heterocycles. The van der Waals surface area contributed by atoms with Gasteiger partial charge in [-0.1, -0.05) is 54.4 Å². The standard InChI is InChI=1S/C28H39BrN4O5S/c1-3-17(2)20(16-34)33-24(26(36)30-9-10-32-11-13-38-14-12-32)28-15-19(29)23(39-28)21(22(28)27(33)37)25(35)31-18-7-5-4-6-8-18/h4-8,17,19-24,34H,3,9-16H2,1-2H3,(H,30,36)(H,31,35)/t17-,19?,20-,21-,22-,23-,24?,28?/m0/s1. The van der Waals surface area contributed by atoms with E-state index in [1.165, 1.54) is 0 Å². The van der Waals surface area contributed by atoms with Crippen LogP contribution in [0.2, 0.25) is 0 Å². The number of carbonyl (C=O) groups excluding carboxylic acids is 3. The summed E-state index contributed by atoms with van der Waals surface area (Å²) in [6, 6.07) is 8.02. The molecule has 1 aromatic carbocycles. The predicted octanol–water partition coefficient (Wildman–Crippen LogP) is 1.95. The second-order valence-corrected chi connectivity index (χ2v) is 13.9. The van der Waals surface area contributed by atoms with Crippen molar-refractivity contribution in [3.05, 3.63) is 30.3 Å². The van der Waals surface area contributed by atoms with Gasteiger partial charge in [0.1, 0.15) is 6.04 Å². The molecule has 2 bridgehead atoms. The number of rotatable bonds is 10. The first-order valence-corrected chi connectivity index (χ1v) is 15.8. The van der Waals surface area contributed by atoms with Crippen molar-refractivity contribution in [3.63, 3.8) is 0 Å². The Labute approximate surface area is 242 Å². The van der Waals surface area contributed by atoms with Crippen molar-refractivity contribution >= 4 is 51.1 Å². The van der Waals surface area contributed by atoms with Crippen LogP contribution in [0.1, 0.15) is 26.7 Å². The van der Waals surface area contributed by atoms with Crippen LogP contribution >= 0.6 is 27.7 Å². The van der Waals surface area contributed by atoms with Gasteiger partial charge in [-0.15, -0.1) is 11.8 Å². The highest BCUT2D eigenvalue weighted by Crippen LogP contribution is 2.68. The zero-order chi connectivity index (χ0) is 27.7. The normalized spacial score (nSPS) is 33.6. The number of aliphatic hydroxyl groups is 1. The first-order chi connectivity index (χ1) is 18.8. The number of anilines is 1. The number of fused-ring (bicyclic) bond motifs is 1. The van der Waals surface area contributed by atoms with Crippen molar-refractivity contribution < 1.29 is 24.2 Å². The quantitative estimate of drug-likeness (QED) is 0.342. The van der Waals surface area contributed by atoms with E-state index in [0.717, 1.165) is 19.5 Å². The fourth-order valence-electron chi connectivity index (χ4n) is 6.84. The van der Waals surface area contributed by atoms with Gasteiger partial charge in [0.15, 0.2) is 0 Å². The van der Waals surface area contributed by atoms with Crippen LogP contribution in [0.25, 0.3) is 0 Å². The van der Waals surface area contributed by atoms with Crippen LogP contribution in [-0.4, -0.2) is 106 Å². The summed E-state index contributed by atoms with van der Waals surface area (Å²) in [6.07, 6.45) is 1.37. The summed E-state index contributed by atoms with van der Waals surface area (Å²) in [7, 11) is 0. The number of thioether (sulfide) groups is 1. The second kappa shape index (κ2) is 12.1. The predicted molar refractivity (Wildman–Crippen MR) is 155 cm³/mol. The Morgan fingerprint density at radius 3 is 2.62 bits per heavy atom. The summed E-state index contributed by atoms with van der Waals surface area (Å²) in [5, 5.41) is 16.5. The van der Waals surface area contributed by atoms with Crippen molar-refractivity contribution in [1.82, 2.24) is 15.1 Å². The number of nitrogens with one attached hydrogen (secondary N) is 2. The number of morpholine rings is 1. The number of para-hydroxylation sites is 1. The Hall–Kier alpha value is -1.66. The van der Waals surface area contributed by atoms with Crippen LogP contribution < -0.4 is 10.6 Å². The molecule has 4 fully saturated rings. The Morgan fingerprint density at radius 2 is 1.95 bits per heavy atom. The molecule has 9 nitrogen and oxygen atoms in total. The SMILES string of the molecule is CC[C@H](C)[C@H](CO)N1C(=O)[C@@H]2[C@H](C(=O)Nc3ccccc3)[C@H]3SC2(CC3Br)C1C(=O)NCCN1CCOCC1. The van der Waals surface area contributed by atoms with Crippen LogP contribution in [0.5, 0.6) is 0 Å². The molecular formula is C28H39BrN4O5S. The van der Waals surface area contributed by atoms with Crippen molar-refractivity contribution in [3.8, 4) is 0 Å². The van der Waals surface area contributed by atoms with Gasteiger partial charge in [0.05, 0.1) is 42.4 Å². The summed E-state index contributed by atoms with van der Waals surface area (Å²) < 4.78 is 4.69. The molecule has 0 saturated carbocycles. The number of nitrogens with zero attached hydrogens (tertiary/aromatic N) is 2. The lowest BCUT2D eigenvalue weighted by Crippen LogP contribution is -2.58. The zero-order valence-corrected chi connectivity index (χ0v) is 25.0. The number of aliphatic hydroxyl groups excluding tert-OH is 1. The molecule has 8 atom stereocenters. The topological polar surface area (TPSA) is 111 Å². The molecule has 5 rings (SSSR count). The number of halogens is 1. The number of alkyl halides is 1. The number of hydrogen-bond donors (Lipinski definition) is 3. The molecule has 11 heteroatoms. The van der Waals surface area contributed by atoms with Crippen LogP contribution in [0.15, 0.2) is 30.3 Å². The molecule has 1 aromatic rings. The molecule has 1 spiro atoms. The van der Waals surface area contributed by atoms with Gasteiger partial charge >= 0.3 is 0 Å². The fourth-order valence-corrected chi connectivity index (χ4v) is 10.4. The zero-order valence-electron chi connectivity index (χ0n) is 22.6.